The molecule has 23 heavy (non-hydrogen) atoms. The number of benzene rings is 2. The molecule has 1 aromatic heterocycles. The highest BCUT2D eigenvalue weighted by molar-refractivity contribution is 5.92. The summed E-state index contributed by atoms with van der Waals surface area (Å²) < 4.78 is 1.84. The molecule has 118 valence electrons. The van der Waals surface area contributed by atoms with Gasteiger partial charge in [0, 0.05) is 12.1 Å². The van der Waals surface area contributed by atoms with Gasteiger partial charge in [-0.15, -0.1) is 0 Å². The third-order valence-corrected chi connectivity index (χ3v) is 3.79. The molecule has 0 unspecified atom stereocenters. The maximum atomic E-state index is 12.3. The van der Waals surface area contributed by atoms with Gasteiger partial charge >= 0.3 is 0 Å². The Bertz CT molecular complexity index is 849. The number of nitrogens with one attached hydrogen (secondary N) is 1. The van der Waals surface area contributed by atoms with Crippen LogP contribution in [0.2, 0.25) is 0 Å². The number of anilines is 1. The second-order valence-electron chi connectivity index (χ2n) is 6.12. The van der Waals surface area contributed by atoms with Gasteiger partial charge in [0.15, 0.2) is 0 Å². The third kappa shape index (κ3) is 3.42. The van der Waals surface area contributed by atoms with Crippen LogP contribution in [0.1, 0.15) is 31.1 Å². The fourth-order valence-corrected chi connectivity index (χ4v) is 2.72. The first-order chi connectivity index (χ1) is 11.0. The monoisotopic (exact) mass is 307 g/mol. The molecule has 0 spiro atoms. The number of aryl methyl sites for hydroxylation is 1. The number of rotatable bonds is 4. The Morgan fingerprint density at radius 2 is 1.87 bits per heavy atom. The Morgan fingerprint density at radius 1 is 1.13 bits per heavy atom. The molecule has 3 rings (SSSR count). The van der Waals surface area contributed by atoms with E-state index < -0.39 is 0 Å². The molecule has 1 N–H and O–H groups in total. The summed E-state index contributed by atoms with van der Waals surface area (Å²) in [5, 5.41) is 9.72. The molecular weight excluding hydrogens is 286 g/mol. The van der Waals surface area contributed by atoms with Crippen LogP contribution in [-0.2, 0) is 11.2 Å². The minimum Gasteiger partial charge on any atom is -0.311 e. The Kier molecular flexibility index (Phi) is 4.15. The summed E-state index contributed by atoms with van der Waals surface area (Å²) in [6, 6.07) is 16.4. The molecule has 4 heteroatoms. The zero-order valence-corrected chi connectivity index (χ0v) is 13.7. The van der Waals surface area contributed by atoms with Gasteiger partial charge in [-0.2, -0.15) is 5.10 Å². The van der Waals surface area contributed by atoms with E-state index in [1.54, 1.807) is 0 Å². The van der Waals surface area contributed by atoms with Crippen LogP contribution in [-0.4, -0.2) is 15.7 Å². The van der Waals surface area contributed by atoms with Crippen molar-refractivity contribution in [2.75, 3.05) is 5.32 Å². The van der Waals surface area contributed by atoms with Crippen LogP contribution in [0, 0.1) is 6.92 Å². The molecule has 3 aromatic rings. The van der Waals surface area contributed by atoms with Crippen LogP contribution in [0.3, 0.4) is 0 Å². The van der Waals surface area contributed by atoms with Crippen LogP contribution in [0.4, 0.5) is 5.82 Å². The molecule has 0 fully saturated rings. The van der Waals surface area contributed by atoms with Crippen LogP contribution in [0.5, 0.6) is 0 Å². The summed E-state index contributed by atoms with van der Waals surface area (Å²) in [7, 11) is 0. The normalized spacial score (nSPS) is 11.1. The highest BCUT2D eigenvalue weighted by Crippen LogP contribution is 2.18. The van der Waals surface area contributed by atoms with Crippen molar-refractivity contribution in [1.29, 1.82) is 0 Å². The van der Waals surface area contributed by atoms with E-state index in [2.05, 4.69) is 34.7 Å². The van der Waals surface area contributed by atoms with Crippen molar-refractivity contribution in [2.24, 2.45) is 0 Å². The molecule has 0 radical (unpaired) electrons. The lowest BCUT2D eigenvalue weighted by molar-refractivity contribution is -0.115. The molecule has 0 aliphatic carbocycles. The number of carbonyl (C=O) groups is 1. The molecule has 2 aromatic carbocycles. The summed E-state index contributed by atoms with van der Waals surface area (Å²) in [5.41, 5.74) is 1.91. The average Bonchev–Trinajstić information content (AvgIpc) is 2.87. The van der Waals surface area contributed by atoms with E-state index in [0.29, 0.717) is 6.42 Å². The summed E-state index contributed by atoms with van der Waals surface area (Å²) in [5.74, 6) is 0.727. The molecule has 0 saturated heterocycles. The van der Waals surface area contributed by atoms with Crippen molar-refractivity contribution in [3.63, 3.8) is 0 Å². The Morgan fingerprint density at radius 3 is 2.61 bits per heavy atom. The summed E-state index contributed by atoms with van der Waals surface area (Å²) in [6.45, 7) is 6.02. The lowest BCUT2D eigenvalue weighted by Gasteiger charge is -2.12. The number of fused-ring (bicyclic) bond motifs is 1. The summed E-state index contributed by atoms with van der Waals surface area (Å²) in [6.07, 6.45) is 0.354. The predicted molar refractivity (Wildman–Crippen MR) is 93.6 cm³/mol. The Hall–Kier alpha value is -2.62. The van der Waals surface area contributed by atoms with Crippen molar-refractivity contribution in [2.45, 2.75) is 33.2 Å². The maximum Gasteiger partial charge on any atom is 0.229 e. The number of aromatic nitrogens is 2. The first kappa shape index (κ1) is 15.3. The number of carbonyl (C=O) groups excluding carboxylic acids is 1. The van der Waals surface area contributed by atoms with Crippen molar-refractivity contribution in [3.8, 4) is 0 Å². The fourth-order valence-electron chi connectivity index (χ4n) is 2.72. The summed E-state index contributed by atoms with van der Waals surface area (Å²) >= 11 is 0. The van der Waals surface area contributed by atoms with E-state index in [1.807, 2.05) is 49.7 Å². The van der Waals surface area contributed by atoms with Crippen LogP contribution in [0.15, 0.2) is 48.5 Å². The lowest BCUT2D eigenvalue weighted by atomic mass is 10.0. The number of hydrogen-bond donors (Lipinski definition) is 1. The van der Waals surface area contributed by atoms with Gasteiger partial charge in [-0.3, -0.25) is 4.79 Å². The van der Waals surface area contributed by atoms with Crippen molar-refractivity contribution in [3.05, 3.63) is 59.8 Å². The highest BCUT2D eigenvalue weighted by Gasteiger charge is 2.12. The van der Waals surface area contributed by atoms with Crippen molar-refractivity contribution < 1.29 is 4.79 Å². The molecule has 1 heterocycles. The lowest BCUT2D eigenvalue weighted by Crippen LogP contribution is -2.18. The zero-order chi connectivity index (χ0) is 16.4. The molecule has 0 aliphatic heterocycles. The first-order valence-corrected chi connectivity index (χ1v) is 7.86. The Balaban J connectivity index is 1.76. The van der Waals surface area contributed by atoms with Crippen molar-refractivity contribution in [1.82, 2.24) is 9.78 Å². The molecule has 0 saturated carbocycles. The predicted octanol–water partition coefficient (Wildman–Crippen LogP) is 4.11. The van der Waals surface area contributed by atoms with Gasteiger partial charge < -0.3 is 5.32 Å². The molecule has 0 aliphatic rings. The second-order valence-corrected chi connectivity index (χ2v) is 6.12. The SMILES string of the molecule is Cc1cc(NC(=O)Cc2ccc3ccccc3c2)n(C(C)C)n1. The quantitative estimate of drug-likeness (QED) is 0.788. The molecule has 0 bridgehead atoms. The third-order valence-electron chi connectivity index (χ3n) is 3.79. The minimum absolute atomic E-state index is 0.0259. The van der Waals surface area contributed by atoms with E-state index in [-0.39, 0.29) is 11.9 Å². The number of hydrogen-bond acceptors (Lipinski definition) is 2. The largest absolute Gasteiger partial charge is 0.311 e. The van der Waals surface area contributed by atoms with E-state index in [1.165, 1.54) is 5.39 Å². The van der Waals surface area contributed by atoms with E-state index in [4.69, 9.17) is 0 Å². The van der Waals surface area contributed by atoms with Crippen molar-refractivity contribution >= 4 is 22.5 Å². The van der Waals surface area contributed by atoms with Gasteiger partial charge in [0.05, 0.1) is 12.1 Å². The summed E-state index contributed by atoms with van der Waals surface area (Å²) in [4.78, 5) is 12.3. The van der Waals surface area contributed by atoms with Gasteiger partial charge in [0.2, 0.25) is 5.91 Å². The number of nitrogens with zero attached hydrogens (tertiary/aromatic N) is 2. The zero-order valence-electron chi connectivity index (χ0n) is 13.7. The molecule has 1 amide bonds. The minimum atomic E-state index is -0.0259. The van der Waals surface area contributed by atoms with Crippen LogP contribution in [0.25, 0.3) is 10.8 Å². The highest BCUT2D eigenvalue weighted by atomic mass is 16.1. The van der Waals surface area contributed by atoms with Gasteiger partial charge in [0.1, 0.15) is 5.82 Å². The maximum absolute atomic E-state index is 12.3. The molecule has 0 atom stereocenters. The number of amides is 1. The Labute approximate surface area is 136 Å². The van der Waals surface area contributed by atoms with Gasteiger partial charge in [-0.1, -0.05) is 42.5 Å². The van der Waals surface area contributed by atoms with Crippen LogP contribution < -0.4 is 5.32 Å². The second kappa shape index (κ2) is 6.24. The van der Waals surface area contributed by atoms with E-state index in [0.717, 1.165) is 22.5 Å². The average molecular weight is 307 g/mol. The molecule has 4 nitrogen and oxygen atoms in total. The van der Waals surface area contributed by atoms with E-state index in [9.17, 15) is 4.79 Å². The topological polar surface area (TPSA) is 46.9 Å². The van der Waals surface area contributed by atoms with Gasteiger partial charge in [0.25, 0.3) is 0 Å². The standard InChI is InChI=1S/C19H21N3O/c1-13(2)22-18(10-14(3)21-22)20-19(23)12-15-8-9-16-6-4-5-7-17(16)11-15/h4-11,13H,12H2,1-3H3,(H,20,23). The van der Waals surface area contributed by atoms with E-state index >= 15 is 0 Å². The van der Waals surface area contributed by atoms with Gasteiger partial charge in [-0.25, -0.2) is 4.68 Å². The smallest absolute Gasteiger partial charge is 0.229 e. The fraction of sp³-hybridized carbons (Fsp3) is 0.263. The van der Waals surface area contributed by atoms with Crippen LogP contribution >= 0.6 is 0 Å². The molecular formula is C19H21N3O. The van der Waals surface area contributed by atoms with Gasteiger partial charge in [-0.05, 0) is 37.1 Å². The first-order valence-electron chi connectivity index (χ1n) is 7.86.